The largest absolute Gasteiger partial charge is 0.385 e. The lowest BCUT2D eigenvalue weighted by Crippen LogP contribution is -2.76. The summed E-state index contributed by atoms with van der Waals surface area (Å²) in [5, 5.41) is 0. The van der Waals surface area contributed by atoms with Gasteiger partial charge in [0.05, 0.1) is 18.9 Å². The average Bonchev–Trinajstić information content (AvgIpc) is 2.87. The quantitative estimate of drug-likeness (QED) is 0.0890. The van der Waals surface area contributed by atoms with Crippen LogP contribution in [0, 0.1) is 0 Å². The maximum absolute atomic E-state index is 13.9. The highest BCUT2D eigenvalue weighted by Crippen LogP contribution is 2.65. The Bertz CT molecular complexity index is 1070. The molecule has 1 atom stereocenters. The second kappa shape index (κ2) is 12.8. The van der Waals surface area contributed by atoms with Crippen LogP contribution in [-0.4, -0.2) is 85.8 Å². The molecule has 1 aromatic carbocycles. The first kappa shape index (κ1) is 40.2. The zero-order chi connectivity index (χ0) is 35.0. The van der Waals surface area contributed by atoms with E-state index in [9.17, 15) is 87.8 Å². The van der Waals surface area contributed by atoms with Gasteiger partial charge in [0, 0.05) is 21.0 Å². The highest BCUT2D eigenvalue weighted by molar-refractivity contribution is 7.56. The topological polar surface area (TPSA) is 9.23 Å². The van der Waals surface area contributed by atoms with E-state index in [0.717, 1.165) is 5.56 Å². The molecule has 22 heteroatoms. The molecule has 0 saturated carbocycles. The predicted molar refractivity (Wildman–Crippen MR) is 115 cm³/mol. The molecule has 0 aliphatic carbocycles. The fourth-order valence-corrected chi connectivity index (χ4v) is 5.22. The highest BCUT2D eigenvalue weighted by atomic mass is 31.1. The van der Waals surface area contributed by atoms with E-state index in [0.29, 0.717) is 6.16 Å². The summed E-state index contributed by atoms with van der Waals surface area (Å²) in [6.45, 7) is -2.22. The van der Waals surface area contributed by atoms with E-state index in [-0.39, 0.29) is 12.6 Å². The molecule has 0 bridgehead atoms. The van der Waals surface area contributed by atoms with E-state index in [1.807, 2.05) is 0 Å². The van der Waals surface area contributed by atoms with E-state index in [1.165, 1.54) is 0 Å². The van der Waals surface area contributed by atoms with Gasteiger partial charge in [-0.05, 0) is 5.56 Å². The van der Waals surface area contributed by atoms with Crippen molar-refractivity contribution in [2.75, 3.05) is 26.0 Å². The van der Waals surface area contributed by atoms with Crippen LogP contribution >= 0.6 is 7.92 Å². The second-order valence-electron chi connectivity index (χ2n) is 9.42. The fraction of sp³-hybridized carbons (Fsp3) is 0.727. The van der Waals surface area contributed by atoms with Crippen LogP contribution in [-0.2, 0) is 10.9 Å². The Labute approximate surface area is 235 Å². The molecule has 0 aliphatic heterocycles. The molecule has 0 spiro atoms. The lowest BCUT2D eigenvalue weighted by Gasteiger charge is -2.44. The Kier molecular flexibility index (Phi) is 11.7. The number of ether oxygens (including phenoxy) is 1. The van der Waals surface area contributed by atoms with Crippen molar-refractivity contribution < 1.29 is 92.5 Å². The Balaban J connectivity index is 3.19. The van der Waals surface area contributed by atoms with Crippen LogP contribution in [0.4, 0.5) is 87.8 Å². The van der Waals surface area contributed by atoms with Gasteiger partial charge in [-0.2, -0.15) is 79.0 Å². The number of rotatable bonds is 17. The summed E-state index contributed by atoms with van der Waals surface area (Å²) in [7, 11) is -1.29. The number of alkyl halides is 20. The van der Waals surface area contributed by atoms with E-state index >= 15 is 0 Å². The molecule has 0 fully saturated rings. The van der Waals surface area contributed by atoms with Gasteiger partial charge in [0.25, 0.3) is 0 Å². The van der Waals surface area contributed by atoms with E-state index in [1.54, 1.807) is 37.0 Å². The third-order valence-corrected chi connectivity index (χ3v) is 8.26. The first-order chi connectivity index (χ1) is 19.4. The molecule has 258 valence electrons. The molecule has 0 aliphatic rings. The lowest BCUT2D eigenvalue weighted by atomic mass is 9.86. The third kappa shape index (κ3) is 6.54. The number of halogens is 20. The Morgan fingerprint density at radius 2 is 0.977 bits per heavy atom. The standard InChI is InChI=1S/C22H19F20OP/c1-44(10-12-6-3-2-4-7-12)9-5-8-43-11-14(25,26)16(29,30)18(33,34)20(37,38)22(41,42)21(39,40)19(35,36)17(31,32)15(27,28)13(23)24/h2-4,6-7,13H,5,8-11H2,1H3/p+1. The molecule has 1 nitrogen and oxygen atoms in total. The average molecular weight is 711 g/mol. The SMILES string of the molecule is C[PH+](CCCOCC(F)(F)C(F)(F)C(F)(F)C(F)(F)C(F)(F)C(F)(F)C(F)(F)C(F)(F)C(F)(F)C(F)F)Cc1ccccc1. The van der Waals surface area contributed by atoms with Gasteiger partial charge in [-0.25, -0.2) is 8.78 Å². The van der Waals surface area contributed by atoms with Gasteiger partial charge in [0.15, 0.2) is 0 Å². The molecule has 0 radical (unpaired) electrons. The zero-order valence-corrected chi connectivity index (χ0v) is 22.5. The van der Waals surface area contributed by atoms with Crippen molar-refractivity contribution in [3.63, 3.8) is 0 Å². The van der Waals surface area contributed by atoms with Crippen molar-refractivity contribution in [1.29, 1.82) is 0 Å². The molecule has 0 amide bonds. The monoisotopic (exact) mass is 711 g/mol. The van der Waals surface area contributed by atoms with Crippen LogP contribution < -0.4 is 0 Å². The van der Waals surface area contributed by atoms with E-state index in [2.05, 4.69) is 4.74 Å². The Hall–Kier alpha value is -1.79. The summed E-state index contributed by atoms with van der Waals surface area (Å²) in [5.74, 6) is -75.0. The minimum atomic E-state index is -9.01. The van der Waals surface area contributed by atoms with E-state index in [4.69, 9.17) is 0 Å². The maximum Gasteiger partial charge on any atom is 0.385 e. The van der Waals surface area contributed by atoms with Crippen LogP contribution in [0.3, 0.4) is 0 Å². The lowest BCUT2D eigenvalue weighted by molar-refractivity contribution is -0.466. The molecule has 0 aromatic heterocycles. The normalized spacial score (nSPS) is 16.0. The summed E-state index contributed by atoms with van der Waals surface area (Å²) in [5.41, 5.74) is 0.839. The molecular weight excluding hydrogens is 691 g/mol. The van der Waals surface area contributed by atoms with Crippen molar-refractivity contribution >= 4 is 7.92 Å². The van der Waals surface area contributed by atoms with Crippen molar-refractivity contribution in [1.82, 2.24) is 0 Å². The minimum absolute atomic E-state index is 0.195. The van der Waals surface area contributed by atoms with Gasteiger partial charge >= 0.3 is 59.7 Å². The van der Waals surface area contributed by atoms with Crippen LogP contribution in [0.5, 0.6) is 0 Å². The molecular formula is C22H20F20OP+. The minimum Gasteiger partial charge on any atom is -0.375 e. The highest BCUT2D eigenvalue weighted by Gasteiger charge is 2.96. The number of hydrogen-bond acceptors (Lipinski definition) is 1. The molecule has 0 N–H and O–H groups in total. The van der Waals surface area contributed by atoms with E-state index < -0.39 is 80.9 Å². The van der Waals surface area contributed by atoms with Gasteiger partial charge in [-0.15, -0.1) is 0 Å². The van der Waals surface area contributed by atoms with Crippen LogP contribution in [0.25, 0.3) is 0 Å². The van der Waals surface area contributed by atoms with Gasteiger partial charge in [0.1, 0.15) is 6.61 Å². The van der Waals surface area contributed by atoms with Crippen molar-refractivity contribution in [3.05, 3.63) is 35.9 Å². The predicted octanol–water partition coefficient (Wildman–Crippen LogP) is 9.42. The third-order valence-electron chi connectivity index (χ3n) is 6.04. The van der Waals surface area contributed by atoms with Gasteiger partial charge in [-0.3, -0.25) is 0 Å². The summed E-state index contributed by atoms with van der Waals surface area (Å²) in [6.07, 6.45) is -5.64. The van der Waals surface area contributed by atoms with Crippen LogP contribution in [0.1, 0.15) is 12.0 Å². The molecule has 1 unspecified atom stereocenters. The number of hydrogen-bond donors (Lipinski definition) is 0. The van der Waals surface area contributed by atoms with Crippen molar-refractivity contribution in [3.8, 4) is 0 Å². The maximum atomic E-state index is 13.9. The second-order valence-corrected chi connectivity index (χ2v) is 12.2. The number of benzene rings is 1. The fourth-order valence-electron chi connectivity index (χ4n) is 3.36. The molecule has 0 heterocycles. The van der Waals surface area contributed by atoms with Gasteiger partial charge in [-0.1, -0.05) is 30.3 Å². The zero-order valence-electron chi connectivity index (χ0n) is 21.5. The van der Waals surface area contributed by atoms with Crippen LogP contribution in [0.15, 0.2) is 30.3 Å². The molecule has 0 saturated heterocycles. The summed E-state index contributed by atoms with van der Waals surface area (Å²) < 4.78 is 273. The molecule has 1 rings (SSSR count). The van der Waals surface area contributed by atoms with Gasteiger partial charge in [0.2, 0.25) is 0 Å². The van der Waals surface area contributed by atoms with Crippen molar-refractivity contribution in [2.45, 2.75) is 72.3 Å². The Morgan fingerprint density at radius 3 is 1.39 bits per heavy atom. The van der Waals surface area contributed by atoms with Gasteiger partial charge < -0.3 is 4.74 Å². The molecule has 1 aromatic rings. The smallest absolute Gasteiger partial charge is 0.375 e. The molecule has 44 heavy (non-hydrogen) atoms. The van der Waals surface area contributed by atoms with Crippen LogP contribution in [0.2, 0.25) is 0 Å². The van der Waals surface area contributed by atoms with Crippen molar-refractivity contribution in [2.24, 2.45) is 0 Å². The Morgan fingerprint density at radius 1 is 0.591 bits per heavy atom. The first-order valence-electron chi connectivity index (χ1n) is 11.5. The summed E-state index contributed by atoms with van der Waals surface area (Å²) >= 11 is 0. The summed E-state index contributed by atoms with van der Waals surface area (Å²) in [6, 6.07) is 8.48. The summed E-state index contributed by atoms with van der Waals surface area (Å²) in [4.78, 5) is 0. The first-order valence-corrected chi connectivity index (χ1v) is 13.9.